The molecule has 0 saturated carbocycles. The topological polar surface area (TPSA) is 0 Å². The summed E-state index contributed by atoms with van der Waals surface area (Å²) in [7, 11) is 0. The molecule has 0 radical (unpaired) electrons. The zero-order valence-electron chi connectivity index (χ0n) is 9.07. The molecular formula is C12H16BrF. The van der Waals surface area contributed by atoms with Gasteiger partial charge >= 0.3 is 0 Å². The van der Waals surface area contributed by atoms with Crippen LogP contribution in [0.25, 0.3) is 0 Å². The second-order valence-electron chi connectivity index (χ2n) is 4.21. The molecule has 1 aromatic carbocycles. The van der Waals surface area contributed by atoms with Crippen molar-refractivity contribution < 1.29 is 4.39 Å². The lowest BCUT2D eigenvalue weighted by Gasteiger charge is -2.15. The molecule has 1 rings (SSSR count). The lowest BCUT2D eigenvalue weighted by atomic mass is 9.95. The summed E-state index contributed by atoms with van der Waals surface area (Å²) in [5.41, 5.74) is 2.10. The molecule has 0 heterocycles. The fourth-order valence-corrected chi connectivity index (χ4v) is 2.62. The first-order valence-corrected chi connectivity index (χ1v) is 5.71. The van der Waals surface area contributed by atoms with Gasteiger partial charge in [-0.3, -0.25) is 0 Å². The van der Waals surface area contributed by atoms with E-state index in [1.54, 1.807) is 12.1 Å². The molecule has 0 aliphatic rings. The maximum atomic E-state index is 13.3. The number of hydrogen-bond donors (Lipinski definition) is 0. The third-order valence-electron chi connectivity index (χ3n) is 2.34. The molecule has 2 heteroatoms. The Morgan fingerprint density at radius 2 is 1.36 bits per heavy atom. The molecule has 0 fully saturated rings. The molecule has 0 atom stereocenters. The van der Waals surface area contributed by atoms with Gasteiger partial charge in [-0.25, -0.2) is 4.39 Å². The maximum Gasteiger partial charge on any atom is 0.123 e. The van der Waals surface area contributed by atoms with Gasteiger partial charge in [-0.15, -0.1) is 0 Å². The predicted molar refractivity (Wildman–Crippen MR) is 62.3 cm³/mol. The van der Waals surface area contributed by atoms with Crippen molar-refractivity contribution in [3.05, 3.63) is 33.5 Å². The number of rotatable bonds is 2. The van der Waals surface area contributed by atoms with Crippen molar-refractivity contribution in [2.75, 3.05) is 0 Å². The third kappa shape index (κ3) is 2.35. The van der Waals surface area contributed by atoms with E-state index in [0.717, 1.165) is 15.6 Å². The smallest absolute Gasteiger partial charge is 0.123 e. The largest absolute Gasteiger partial charge is 0.207 e. The average molecular weight is 259 g/mol. The van der Waals surface area contributed by atoms with Crippen molar-refractivity contribution in [3.63, 3.8) is 0 Å². The third-order valence-corrected chi connectivity index (χ3v) is 3.25. The summed E-state index contributed by atoms with van der Waals surface area (Å²) in [6.07, 6.45) is 0. The SMILES string of the molecule is CC(C)c1cc(F)cc(C(C)C)c1Br. The minimum atomic E-state index is -0.138. The zero-order valence-corrected chi connectivity index (χ0v) is 10.7. The fraction of sp³-hybridized carbons (Fsp3) is 0.500. The molecule has 0 bridgehead atoms. The molecule has 1 aromatic rings. The summed E-state index contributed by atoms with van der Waals surface area (Å²) in [4.78, 5) is 0. The van der Waals surface area contributed by atoms with Crippen LogP contribution in [0.5, 0.6) is 0 Å². The van der Waals surface area contributed by atoms with E-state index in [2.05, 4.69) is 43.6 Å². The zero-order chi connectivity index (χ0) is 10.9. The summed E-state index contributed by atoms with van der Waals surface area (Å²) in [5, 5.41) is 0. The number of halogens is 2. The first kappa shape index (κ1) is 11.7. The van der Waals surface area contributed by atoms with Crippen LogP contribution in [0.3, 0.4) is 0 Å². The second-order valence-corrected chi connectivity index (χ2v) is 5.00. The van der Waals surface area contributed by atoms with Gasteiger partial charge in [-0.1, -0.05) is 43.6 Å². The molecule has 0 aromatic heterocycles. The molecule has 0 spiro atoms. The highest BCUT2D eigenvalue weighted by Crippen LogP contribution is 2.33. The Morgan fingerprint density at radius 1 is 1.00 bits per heavy atom. The quantitative estimate of drug-likeness (QED) is 0.713. The summed E-state index contributed by atoms with van der Waals surface area (Å²) >= 11 is 3.55. The van der Waals surface area contributed by atoms with Crippen LogP contribution in [0.2, 0.25) is 0 Å². The van der Waals surface area contributed by atoms with E-state index in [0.29, 0.717) is 11.8 Å². The summed E-state index contributed by atoms with van der Waals surface area (Å²) in [5.74, 6) is 0.552. The van der Waals surface area contributed by atoms with Crippen molar-refractivity contribution in [1.29, 1.82) is 0 Å². The van der Waals surface area contributed by atoms with Crippen molar-refractivity contribution in [3.8, 4) is 0 Å². The minimum absolute atomic E-state index is 0.138. The van der Waals surface area contributed by atoms with E-state index in [9.17, 15) is 4.39 Å². The average Bonchev–Trinajstić information content (AvgIpc) is 2.07. The molecule has 0 unspecified atom stereocenters. The Balaban J connectivity index is 3.32. The van der Waals surface area contributed by atoms with Gasteiger partial charge in [0.1, 0.15) is 5.82 Å². The highest BCUT2D eigenvalue weighted by molar-refractivity contribution is 9.10. The summed E-state index contributed by atoms with van der Waals surface area (Å²) in [6.45, 7) is 8.29. The summed E-state index contributed by atoms with van der Waals surface area (Å²) < 4.78 is 14.4. The Bertz CT molecular complexity index is 300. The van der Waals surface area contributed by atoms with E-state index in [-0.39, 0.29) is 5.82 Å². The normalized spacial score (nSPS) is 11.4. The van der Waals surface area contributed by atoms with Gasteiger partial charge in [0, 0.05) is 4.47 Å². The van der Waals surface area contributed by atoms with Crippen LogP contribution in [0.15, 0.2) is 16.6 Å². The van der Waals surface area contributed by atoms with Gasteiger partial charge in [0.15, 0.2) is 0 Å². The van der Waals surface area contributed by atoms with Gasteiger partial charge in [0.05, 0.1) is 0 Å². The van der Waals surface area contributed by atoms with Crippen molar-refractivity contribution >= 4 is 15.9 Å². The Labute approximate surface area is 93.7 Å². The minimum Gasteiger partial charge on any atom is -0.207 e. The molecular weight excluding hydrogens is 243 g/mol. The second kappa shape index (κ2) is 4.43. The van der Waals surface area contributed by atoms with Gasteiger partial charge in [0.25, 0.3) is 0 Å². The number of hydrogen-bond acceptors (Lipinski definition) is 0. The van der Waals surface area contributed by atoms with Crippen LogP contribution >= 0.6 is 15.9 Å². The predicted octanol–water partition coefficient (Wildman–Crippen LogP) is 4.84. The summed E-state index contributed by atoms with van der Waals surface area (Å²) in [6, 6.07) is 3.22. The Kier molecular flexibility index (Phi) is 3.71. The lowest BCUT2D eigenvalue weighted by Crippen LogP contribution is -1.98. The van der Waals surface area contributed by atoms with Crippen LogP contribution < -0.4 is 0 Å². The van der Waals surface area contributed by atoms with E-state index >= 15 is 0 Å². The molecule has 0 nitrogen and oxygen atoms in total. The van der Waals surface area contributed by atoms with E-state index in [1.165, 1.54) is 0 Å². The standard InChI is InChI=1S/C12H16BrF/c1-7(2)10-5-9(14)6-11(8(3)4)12(10)13/h5-8H,1-4H3. The van der Waals surface area contributed by atoms with Crippen LogP contribution in [0.1, 0.15) is 50.7 Å². The highest BCUT2D eigenvalue weighted by Gasteiger charge is 2.13. The molecule has 14 heavy (non-hydrogen) atoms. The molecule has 0 saturated heterocycles. The van der Waals surface area contributed by atoms with Gasteiger partial charge in [-0.2, -0.15) is 0 Å². The van der Waals surface area contributed by atoms with Gasteiger partial charge < -0.3 is 0 Å². The highest BCUT2D eigenvalue weighted by atomic mass is 79.9. The lowest BCUT2D eigenvalue weighted by molar-refractivity contribution is 0.617. The Morgan fingerprint density at radius 3 is 1.64 bits per heavy atom. The molecule has 0 amide bonds. The first-order valence-electron chi connectivity index (χ1n) is 4.92. The van der Waals surface area contributed by atoms with Crippen LogP contribution in [0.4, 0.5) is 4.39 Å². The fourth-order valence-electron chi connectivity index (χ4n) is 1.47. The van der Waals surface area contributed by atoms with Crippen molar-refractivity contribution in [2.24, 2.45) is 0 Å². The molecule has 0 aliphatic carbocycles. The van der Waals surface area contributed by atoms with E-state index < -0.39 is 0 Å². The monoisotopic (exact) mass is 258 g/mol. The van der Waals surface area contributed by atoms with Crippen molar-refractivity contribution in [2.45, 2.75) is 39.5 Å². The number of benzene rings is 1. The molecule has 0 aliphatic heterocycles. The van der Waals surface area contributed by atoms with E-state index in [4.69, 9.17) is 0 Å². The van der Waals surface area contributed by atoms with Gasteiger partial charge in [-0.05, 0) is 35.1 Å². The molecule has 78 valence electrons. The van der Waals surface area contributed by atoms with Crippen LogP contribution in [-0.4, -0.2) is 0 Å². The van der Waals surface area contributed by atoms with Crippen LogP contribution in [-0.2, 0) is 0 Å². The first-order chi connectivity index (χ1) is 6.43. The van der Waals surface area contributed by atoms with E-state index in [1.807, 2.05) is 0 Å². The van der Waals surface area contributed by atoms with Gasteiger partial charge in [0.2, 0.25) is 0 Å². The Hall–Kier alpha value is -0.370. The molecule has 0 N–H and O–H groups in total. The maximum absolute atomic E-state index is 13.3. The van der Waals surface area contributed by atoms with Crippen LogP contribution in [0, 0.1) is 5.82 Å². The van der Waals surface area contributed by atoms with Crippen molar-refractivity contribution in [1.82, 2.24) is 0 Å².